The van der Waals surface area contributed by atoms with Gasteiger partial charge < -0.3 is 10.2 Å². The molecule has 2 amide bonds. The number of hydrogen-bond acceptors (Lipinski definition) is 2. The van der Waals surface area contributed by atoms with Gasteiger partial charge in [-0.2, -0.15) is 0 Å². The van der Waals surface area contributed by atoms with E-state index in [0.717, 1.165) is 17.5 Å². The Bertz CT molecular complexity index is 927. The van der Waals surface area contributed by atoms with E-state index in [9.17, 15) is 9.59 Å². The lowest BCUT2D eigenvalue weighted by atomic mass is 10.1. The Morgan fingerprint density at radius 2 is 1.27 bits per heavy atom. The average molecular weight is 401 g/mol. The van der Waals surface area contributed by atoms with E-state index in [2.05, 4.69) is 5.32 Å². The summed E-state index contributed by atoms with van der Waals surface area (Å²) in [4.78, 5) is 27.6. The van der Waals surface area contributed by atoms with Crippen LogP contribution < -0.4 is 5.32 Å². The topological polar surface area (TPSA) is 49.4 Å². The Morgan fingerprint density at radius 3 is 1.83 bits per heavy atom. The van der Waals surface area contributed by atoms with E-state index in [1.807, 2.05) is 91.0 Å². The molecule has 0 saturated heterocycles. The van der Waals surface area contributed by atoms with E-state index in [0.29, 0.717) is 13.1 Å². The van der Waals surface area contributed by atoms with E-state index < -0.39 is 6.04 Å². The van der Waals surface area contributed by atoms with E-state index in [4.69, 9.17) is 0 Å². The minimum atomic E-state index is -0.558. The monoisotopic (exact) mass is 400 g/mol. The zero-order chi connectivity index (χ0) is 21.2. The van der Waals surface area contributed by atoms with Crippen LogP contribution >= 0.6 is 0 Å². The summed E-state index contributed by atoms with van der Waals surface area (Å²) in [6.45, 7) is 2.74. The fourth-order valence-electron chi connectivity index (χ4n) is 3.36. The van der Waals surface area contributed by atoms with Crippen molar-refractivity contribution in [3.05, 3.63) is 108 Å². The van der Waals surface area contributed by atoms with Crippen molar-refractivity contribution in [3.63, 3.8) is 0 Å². The van der Waals surface area contributed by atoms with E-state index in [1.165, 1.54) is 5.56 Å². The van der Waals surface area contributed by atoms with Crippen LogP contribution in [0.25, 0.3) is 0 Å². The first-order valence-electron chi connectivity index (χ1n) is 10.3. The van der Waals surface area contributed by atoms with Gasteiger partial charge in [0.15, 0.2) is 0 Å². The Morgan fingerprint density at radius 1 is 0.767 bits per heavy atom. The fourth-order valence-corrected chi connectivity index (χ4v) is 3.36. The summed E-state index contributed by atoms with van der Waals surface area (Å²) in [6.07, 6.45) is 1.03. The average Bonchev–Trinajstić information content (AvgIpc) is 2.79. The molecule has 3 aromatic carbocycles. The molecule has 1 atom stereocenters. The van der Waals surface area contributed by atoms with Crippen LogP contribution in [0.15, 0.2) is 91.0 Å². The molecule has 0 bridgehead atoms. The van der Waals surface area contributed by atoms with Crippen LogP contribution in [0.1, 0.15) is 23.6 Å². The second-order valence-electron chi connectivity index (χ2n) is 7.37. The van der Waals surface area contributed by atoms with Crippen LogP contribution in [-0.4, -0.2) is 29.3 Å². The molecule has 0 radical (unpaired) electrons. The van der Waals surface area contributed by atoms with Gasteiger partial charge in [0, 0.05) is 13.1 Å². The molecule has 3 rings (SSSR count). The summed E-state index contributed by atoms with van der Waals surface area (Å²) in [7, 11) is 0. The molecule has 0 fully saturated rings. The number of nitrogens with zero attached hydrogens (tertiary/aromatic N) is 1. The second kappa shape index (κ2) is 11.0. The molecular weight excluding hydrogens is 372 g/mol. The maximum absolute atomic E-state index is 13.1. The minimum absolute atomic E-state index is 0.0595. The molecule has 0 aliphatic carbocycles. The summed E-state index contributed by atoms with van der Waals surface area (Å²) < 4.78 is 0. The van der Waals surface area contributed by atoms with E-state index in [1.54, 1.807) is 11.8 Å². The number of nitrogens with one attached hydrogen (secondary N) is 1. The van der Waals surface area contributed by atoms with Gasteiger partial charge in [-0.15, -0.1) is 0 Å². The number of rotatable bonds is 9. The second-order valence-corrected chi connectivity index (χ2v) is 7.37. The van der Waals surface area contributed by atoms with Crippen LogP contribution in [0, 0.1) is 0 Å². The molecule has 0 aliphatic heterocycles. The Balaban J connectivity index is 1.66. The predicted molar refractivity (Wildman–Crippen MR) is 120 cm³/mol. The highest BCUT2D eigenvalue weighted by Gasteiger charge is 2.26. The largest absolute Gasteiger partial charge is 0.354 e. The number of carbonyl (C=O) groups is 2. The molecule has 1 N–H and O–H groups in total. The lowest BCUT2D eigenvalue weighted by Crippen LogP contribution is -2.48. The number of hydrogen-bond donors (Lipinski definition) is 1. The molecule has 0 heterocycles. The third-order valence-electron chi connectivity index (χ3n) is 5.12. The van der Waals surface area contributed by atoms with Crippen molar-refractivity contribution in [3.8, 4) is 0 Å². The molecule has 0 aromatic heterocycles. The zero-order valence-corrected chi connectivity index (χ0v) is 17.3. The summed E-state index contributed by atoms with van der Waals surface area (Å²) >= 11 is 0. The predicted octanol–water partition coefficient (Wildman–Crippen LogP) is 4.01. The number of carbonyl (C=O) groups excluding carboxylic acids is 2. The third kappa shape index (κ3) is 6.31. The van der Waals surface area contributed by atoms with Gasteiger partial charge in [-0.3, -0.25) is 9.59 Å². The summed E-state index contributed by atoms with van der Waals surface area (Å²) in [5, 5.41) is 2.98. The molecular formula is C26H28N2O2. The van der Waals surface area contributed by atoms with Gasteiger partial charge in [0.05, 0.1) is 6.42 Å². The highest BCUT2D eigenvalue weighted by molar-refractivity contribution is 5.88. The molecule has 3 aromatic rings. The smallest absolute Gasteiger partial charge is 0.242 e. The molecule has 0 aliphatic rings. The maximum atomic E-state index is 13.1. The van der Waals surface area contributed by atoms with Crippen molar-refractivity contribution in [2.24, 2.45) is 0 Å². The number of benzene rings is 3. The highest BCUT2D eigenvalue weighted by atomic mass is 16.2. The first kappa shape index (κ1) is 21.3. The summed E-state index contributed by atoms with van der Waals surface area (Å²) in [5.74, 6) is -0.195. The van der Waals surface area contributed by atoms with Gasteiger partial charge >= 0.3 is 0 Å². The fraction of sp³-hybridized carbons (Fsp3) is 0.231. The van der Waals surface area contributed by atoms with Crippen molar-refractivity contribution in [1.82, 2.24) is 10.2 Å². The minimum Gasteiger partial charge on any atom is -0.354 e. The van der Waals surface area contributed by atoms with Gasteiger partial charge in [-0.05, 0) is 30.0 Å². The quantitative estimate of drug-likeness (QED) is 0.590. The van der Waals surface area contributed by atoms with Crippen LogP contribution in [-0.2, 0) is 29.0 Å². The maximum Gasteiger partial charge on any atom is 0.242 e. The zero-order valence-electron chi connectivity index (χ0n) is 17.3. The molecule has 0 spiro atoms. The summed E-state index contributed by atoms with van der Waals surface area (Å²) in [6, 6.07) is 28.9. The Kier molecular flexibility index (Phi) is 7.78. The van der Waals surface area contributed by atoms with Gasteiger partial charge in [-0.25, -0.2) is 0 Å². The standard InChI is InChI=1S/C26H28N2O2/c1-21(26(30)27-18-17-22-11-5-2-6-12-22)28(20-24-15-9-4-10-16-24)25(29)19-23-13-7-3-8-14-23/h2-16,21H,17-20H2,1H3,(H,27,30)/t21-/m1/s1. The van der Waals surface area contributed by atoms with Crippen LogP contribution in [0.3, 0.4) is 0 Å². The molecule has 154 valence electrons. The van der Waals surface area contributed by atoms with Gasteiger partial charge in [0.25, 0.3) is 0 Å². The van der Waals surface area contributed by atoms with Crippen LogP contribution in [0.2, 0.25) is 0 Å². The molecule has 0 unspecified atom stereocenters. The van der Waals surface area contributed by atoms with Gasteiger partial charge in [-0.1, -0.05) is 91.0 Å². The van der Waals surface area contributed by atoms with Crippen molar-refractivity contribution >= 4 is 11.8 Å². The molecule has 4 nitrogen and oxygen atoms in total. The van der Waals surface area contributed by atoms with Crippen molar-refractivity contribution in [2.75, 3.05) is 6.54 Å². The SMILES string of the molecule is C[C@H](C(=O)NCCc1ccccc1)N(Cc1ccccc1)C(=O)Cc1ccccc1. The first-order valence-corrected chi connectivity index (χ1v) is 10.3. The first-order chi connectivity index (χ1) is 14.6. The van der Waals surface area contributed by atoms with E-state index in [-0.39, 0.29) is 18.2 Å². The number of amides is 2. The Hall–Kier alpha value is -3.40. The summed E-state index contributed by atoms with van der Waals surface area (Å²) in [5.41, 5.74) is 3.12. The normalized spacial score (nSPS) is 11.5. The van der Waals surface area contributed by atoms with Crippen LogP contribution in [0.4, 0.5) is 0 Å². The van der Waals surface area contributed by atoms with Crippen molar-refractivity contribution in [1.29, 1.82) is 0 Å². The third-order valence-corrected chi connectivity index (χ3v) is 5.12. The lowest BCUT2D eigenvalue weighted by Gasteiger charge is -2.29. The highest BCUT2D eigenvalue weighted by Crippen LogP contribution is 2.12. The molecule has 30 heavy (non-hydrogen) atoms. The molecule has 0 saturated carbocycles. The van der Waals surface area contributed by atoms with Gasteiger partial charge in [0.2, 0.25) is 11.8 Å². The van der Waals surface area contributed by atoms with Crippen molar-refractivity contribution in [2.45, 2.75) is 32.4 Å². The lowest BCUT2D eigenvalue weighted by molar-refractivity contribution is -0.140. The van der Waals surface area contributed by atoms with Gasteiger partial charge in [0.1, 0.15) is 6.04 Å². The molecule has 4 heteroatoms. The Labute approximate surface area is 178 Å². The van der Waals surface area contributed by atoms with E-state index >= 15 is 0 Å². The van der Waals surface area contributed by atoms with Crippen LogP contribution in [0.5, 0.6) is 0 Å². The van der Waals surface area contributed by atoms with Crippen molar-refractivity contribution < 1.29 is 9.59 Å².